The highest BCUT2D eigenvalue weighted by molar-refractivity contribution is 5.74. The molecule has 2 aromatic rings. The Hall–Kier alpha value is -2.29. The molecule has 0 spiro atoms. The van der Waals surface area contributed by atoms with Crippen LogP contribution in [0.5, 0.6) is 0 Å². The van der Waals surface area contributed by atoms with E-state index in [9.17, 15) is 0 Å². The lowest BCUT2D eigenvalue weighted by Gasteiger charge is -2.33. The monoisotopic (exact) mass is 307 g/mol. The van der Waals surface area contributed by atoms with Crippen LogP contribution in [0.4, 0.5) is 0 Å². The average Bonchev–Trinajstić information content (AvgIpc) is 2.68. The fourth-order valence-electron chi connectivity index (χ4n) is 3.90. The summed E-state index contributed by atoms with van der Waals surface area (Å²) in [5.74, 6) is 0.0526. The third-order valence-corrected chi connectivity index (χ3v) is 5.06. The largest absolute Gasteiger partial charge is 0.370 e. The van der Waals surface area contributed by atoms with Crippen LogP contribution in [0.25, 0.3) is 0 Å². The molecular weight excluding hydrogens is 282 g/mol. The van der Waals surface area contributed by atoms with E-state index < -0.39 is 0 Å². The number of fused-ring (bicyclic) bond motifs is 2. The Labute approximate surface area is 138 Å². The van der Waals surface area contributed by atoms with Crippen LogP contribution in [0.2, 0.25) is 0 Å². The Morgan fingerprint density at radius 1 is 1.04 bits per heavy atom. The van der Waals surface area contributed by atoms with Gasteiger partial charge in [-0.15, -0.1) is 0 Å². The van der Waals surface area contributed by atoms with Crippen LogP contribution in [0.3, 0.4) is 0 Å². The van der Waals surface area contributed by atoms with Gasteiger partial charge in [-0.1, -0.05) is 55.5 Å². The number of hydrogen-bond acceptors (Lipinski definition) is 1. The number of nitrogens with one attached hydrogen (secondary N) is 2. The summed E-state index contributed by atoms with van der Waals surface area (Å²) in [4.78, 5) is 0. The number of hydrogen-bond donors (Lipinski definition) is 3. The highest BCUT2D eigenvalue weighted by Crippen LogP contribution is 2.42. The van der Waals surface area contributed by atoms with Gasteiger partial charge in [0.05, 0.1) is 0 Å². The Morgan fingerprint density at radius 3 is 2.09 bits per heavy atom. The Kier molecular flexibility index (Phi) is 4.37. The molecule has 120 valence electrons. The fourth-order valence-corrected chi connectivity index (χ4v) is 3.90. The number of rotatable bonds is 4. The SMILES string of the molecule is CC1(CCCNC(=N)N)c2ccccc2CCc2ccccc21. The molecule has 0 heterocycles. The molecule has 3 heteroatoms. The zero-order valence-electron chi connectivity index (χ0n) is 13.7. The van der Waals surface area contributed by atoms with Gasteiger partial charge < -0.3 is 11.1 Å². The van der Waals surface area contributed by atoms with E-state index in [4.69, 9.17) is 11.1 Å². The van der Waals surface area contributed by atoms with E-state index in [1.54, 1.807) is 0 Å². The van der Waals surface area contributed by atoms with Crippen molar-refractivity contribution < 1.29 is 0 Å². The molecule has 0 atom stereocenters. The van der Waals surface area contributed by atoms with Crippen LogP contribution in [0, 0.1) is 5.41 Å². The third-order valence-electron chi connectivity index (χ3n) is 5.06. The lowest BCUT2D eigenvalue weighted by molar-refractivity contribution is 0.493. The van der Waals surface area contributed by atoms with Crippen LogP contribution >= 0.6 is 0 Å². The van der Waals surface area contributed by atoms with E-state index in [0.717, 1.165) is 32.2 Å². The van der Waals surface area contributed by atoms with Crippen LogP contribution in [-0.2, 0) is 18.3 Å². The first kappa shape index (κ1) is 15.6. The maximum atomic E-state index is 7.30. The number of aryl methyl sites for hydroxylation is 2. The highest BCUT2D eigenvalue weighted by atomic mass is 15.0. The lowest BCUT2D eigenvalue weighted by atomic mass is 9.71. The molecule has 3 rings (SSSR count). The molecule has 0 unspecified atom stereocenters. The standard InChI is InChI=1S/C20H25N3/c1-20(13-6-14-23-19(21)22)17-9-4-2-7-15(17)11-12-16-8-3-5-10-18(16)20/h2-5,7-10H,6,11-14H2,1H3,(H4,21,22,23). The van der Waals surface area contributed by atoms with Gasteiger partial charge in [-0.2, -0.15) is 0 Å². The van der Waals surface area contributed by atoms with E-state index in [0.29, 0.717) is 0 Å². The van der Waals surface area contributed by atoms with E-state index in [1.807, 2.05) is 0 Å². The first-order valence-electron chi connectivity index (χ1n) is 8.36. The smallest absolute Gasteiger partial charge is 0.185 e. The van der Waals surface area contributed by atoms with Crippen LogP contribution in [0.15, 0.2) is 48.5 Å². The van der Waals surface area contributed by atoms with Gasteiger partial charge in [-0.25, -0.2) is 0 Å². The Morgan fingerprint density at radius 2 is 1.57 bits per heavy atom. The van der Waals surface area contributed by atoms with Crippen LogP contribution in [0.1, 0.15) is 42.0 Å². The summed E-state index contributed by atoms with van der Waals surface area (Å²) in [7, 11) is 0. The molecule has 0 fully saturated rings. The summed E-state index contributed by atoms with van der Waals surface area (Å²) in [5.41, 5.74) is 11.2. The minimum absolute atomic E-state index is 0.0160. The second kappa shape index (κ2) is 6.45. The van der Waals surface area contributed by atoms with Crippen LogP contribution in [-0.4, -0.2) is 12.5 Å². The van der Waals surface area contributed by atoms with E-state index in [1.165, 1.54) is 22.3 Å². The summed E-state index contributed by atoms with van der Waals surface area (Å²) >= 11 is 0. The van der Waals surface area contributed by atoms with Crippen molar-refractivity contribution in [3.8, 4) is 0 Å². The van der Waals surface area contributed by atoms with Gasteiger partial charge in [0.25, 0.3) is 0 Å². The second-order valence-corrected chi connectivity index (χ2v) is 6.59. The van der Waals surface area contributed by atoms with E-state index in [-0.39, 0.29) is 11.4 Å². The van der Waals surface area contributed by atoms with Crippen molar-refractivity contribution in [1.29, 1.82) is 5.41 Å². The molecule has 0 radical (unpaired) electrons. The van der Waals surface area contributed by atoms with Gasteiger partial charge in [-0.3, -0.25) is 5.41 Å². The maximum absolute atomic E-state index is 7.30. The summed E-state index contributed by atoms with van der Waals surface area (Å²) in [5, 5.41) is 10.2. The summed E-state index contributed by atoms with van der Waals surface area (Å²) in [6.07, 6.45) is 4.24. The molecule has 4 N–H and O–H groups in total. The number of guanidine groups is 1. The quantitative estimate of drug-likeness (QED) is 0.461. The van der Waals surface area contributed by atoms with Gasteiger partial charge in [0.1, 0.15) is 0 Å². The molecule has 23 heavy (non-hydrogen) atoms. The topological polar surface area (TPSA) is 61.9 Å². The minimum atomic E-state index is 0.0160. The Balaban J connectivity index is 1.97. The van der Waals surface area contributed by atoms with Crippen molar-refractivity contribution in [2.75, 3.05) is 6.54 Å². The highest BCUT2D eigenvalue weighted by Gasteiger charge is 2.33. The molecule has 0 saturated heterocycles. The molecular formula is C20H25N3. The van der Waals surface area contributed by atoms with Crippen LogP contribution < -0.4 is 11.1 Å². The van der Waals surface area contributed by atoms with Gasteiger partial charge in [0.15, 0.2) is 5.96 Å². The first-order valence-corrected chi connectivity index (χ1v) is 8.36. The lowest BCUT2D eigenvalue weighted by Crippen LogP contribution is -2.32. The average molecular weight is 307 g/mol. The summed E-state index contributed by atoms with van der Waals surface area (Å²) < 4.78 is 0. The Bertz CT molecular complexity index is 658. The molecule has 1 aliphatic carbocycles. The molecule has 2 aromatic carbocycles. The van der Waals surface area contributed by atoms with E-state index in [2.05, 4.69) is 60.8 Å². The summed E-state index contributed by atoms with van der Waals surface area (Å²) in [6.45, 7) is 3.11. The van der Waals surface area contributed by atoms with Crippen molar-refractivity contribution >= 4 is 5.96 Å². The first-order chi connectivity index (χ1) is 11.1. The third kappa shape index (κ3) is 3.09. The molecule has 3 nitrogen and oxygen atoms in total. The van der Waals surface area contributed by atoms with E-state index >= 15 is 0 Å². The van der Waals surface area contributed by atoms with Gasteiger partial charge in [-0.05, 0) is 47.9 Å². The zero-order chi connectivity index (χ0) is 16.3. The zero-order valence-corrected chi connectivity index (χ0v) is 13.7. The fraction of sp³-hybridized carbons (Fsp3) is 0.350. The van der Waals surface area contributed by atoms with Gasteiger partial charge >= 0.3 is 0 Å². The maximum Gasteiger partial charge on any atom is 0.185 e. The van der Waals surface area contributed by atoms with Crippen molar-refractivity contribution in [3.05, 3.63) is 70.8 Å². The second-order valence-electron chi connectivity index (χ2n) is 6.59. The van der Waals surface area contributed by atoms with Crippen molar-refractivity contribution in [3.63, 3.8) is 0 Å². The summed E-state index contributed by atoms with van der Waals surface area (Å²) in [6, 6.07) is 17.7. The number of benzene rings is 2. The predicted octanol–water partition coefficient (Wildman–Crippen LogP) is 3.35. The van der Waals surface area contributed by atoms with Crippen molar-refractivity contribution in [1.82, 2.24) is 5.32 Å². The molecule has 1 aliphatic rings. The molecule has 0 aliphatic heterocycles. The normalized spacial score (nSPS) is 15.2. The minimum Gasteiger partial charge on any atom is -0.370 e. The van der Waals surface area contributed by atoms with Gasteiger partial charge in [0.2, 0.25) is 0 Å². The number of nitrogens with two attached hydrogens (primary N) is 1. The molecule has 0 saturated carbocycles. The van der Waals surface area contributed by atoms with Gasteiger partial charge in [0, 0.05) is 12.0 Å². The predicted molar refractivity (Wildman–Crippen MR) is 95.9 cm³/mol. The van der Waals surface area contributed by atoms with Crippen molar-refractivity contribution in [2.24, 2.45) is 5.73 Å². The molecule has 0 amide bonds. The molecule has 0 bridgehead atoms. The van der Waals surface area contributed by atoms with Crippen molar-refractivity contribution in [2.45, 2.75) is 38.0 Å². The molecule has 0 aromatic heterocycles.